The molecule has 2 fully saturated rings. The van der Waals surface area contributed by atoms with Crippen molar-refractivity contribution in [2.75, 3.05) is 19.8 Å². The second kappa shape index (κ2) is 7.36. The molecule has 23 heavy (non-hydrogen) atoms. The lowest BCUT2D eigenvalue weighted by molar-refractivity contribution is -0.204. The Bertz CT molecular complexity index is 400. The van der Waals surface area contributed by atoms with Crippen LogP contribution in [-0.2, 0) is 14.2 Å². The molecule has 2 saturated heterocycles. The van der Waals surface area contributed by atoms with Crippen LogP contribution < -0.4 is 0 Å². The van der Waals surface area contributed by atoms with Gasteiger partial charge in [0.1, 0.15) is 5.60 Å². The number of nitrogens with zero attached hydrogens (tertiary/aromatic N) is 1. The summed E-state index contributed by atoms with van der Waals surface area (Å²) in [7, 11) is 0. The van der Waals surface area contributed by atoms with Crippen LogP contribution in [0.2, 0.25) is 0 Å². The van der Waals surface area contributed by atoms with E-state index in [2.05, 4.69) is 0 Å². The van der Waals surface area contributed by atoms with Crippen LogP contribution in [0, 0.1) is 0 Å². The Morgan fingerprint density at radius 3 is 2.48 bits per heavy atom. The van der Waals surface area contributed by atoms with Crippen LogP contribution in [0.15, 0.2) is 0 Å². The lowest BCUT2D eigenvalue weighted by atomic mass is 9.88. The maximum Gasteiger partial charge on any atom is 0.410 e. The molecule has 2 heterocycles. The quantitative estimate of drug-likeness (QED) is 0.803. The number of aliphatic hydroxyl groups excluding tert-OH is 1. The van der Waals surface area contributed by atoms with Crippen LogP contribution >= 0.6 is 0 Å². The topological polar surface area (TPSA) is 68.2 Å². The molecule has 0 unspecified atom stereocenters. The number of unbranched alkanes of at least 4 members (excludes halogenated alkanes) is 1. The highest BCUT2D eigenvalue weighted by Crippen LogP contribution is 2.39. The molecule has 2 aliphatic rings. The van der Waals surface area contributed by atoms with E-state index in [1.54, 1.807) is 0 Å². The molecule has 0 aromatic carbocycles. The van der Waals surface area contributed by atoms with Gasteiger partial charge in [0, 0.05) is 31.5 Å². The van der Waals surface area contributed by atoms with Crippen molar-refractivity contribution in [3.63, 3.8) is 0 Å². The molecule has 1 N–H and O–H groups in total. The van der Waals surface area contributed by atoms with Crippen LogP contribution in [0.4, 0.5) is 4.79 Å². The maximum absolute atomic E-state index is 12.6. The van der Waals surface area contributed by atoms with E-state index in [0.717, 1.165) is 19.3 Å². The van der Waals surface area contributed by atoms with Crippen molar-refractivity contribution >= 4 is 6.09 Å². The van der Waals surface area contributed by atoms with Gasteiger partial charge in [-0.3, -0.25) is 0 Å². The minimum atomic E-state index is -0.554. The number of hydrogen-bond donors (Lipinski definition) is 1. The highest BCUT2D eigenvalue weighted by atomic mass is 16.7. The Kier molecular flexibility index (Phi) is 5.92. The molecule has 1 amide bonds. The molecule has 0 radical (unpaired) electrons. The number of likely N-dealkylation sites (tertiary alicyclic amines) is 1. The summed E-state index contributed by atoms with van der Waals surface area (Å²) < 4.78 is 17.3. The lowest BCUT2D eigenvalue weighted by Gasteiger charge is -2.47. The summed E-state index contributed by atoms with van der Waals surface area (Å²) in [5.41, 5.74) is -0.512. The van der Waals surface area contributed by atoms with Crippen molar-refractivity contribution in [2.24, 2.45) is 0 Å². The molecular weight excluding hydrogens is 298 g/mol. The number of hydrogen-bond acceptors (Lipinski definition) is 5. The van der Waals surface area contributed by atoms with Crippen molar-refractivity contribution in [2.45, 2.75) is 83.3 Å². The summed E-state index contributed by atoms with van der Waals surface area (Å²) in [4.78, 5) is 14.5. The number of carbonyl (C=O) groups is 1. The highest BCUT2D eigenvalue weighted by Gasteiger charge is 2.49. The molecule has 0 aromatic heterocycles. The summed E-state index contributed by atoms with van der Waals surface area (Å²) >= 11 is 0. The largest absolute Gasteiger partial charge is 0.444 e. The first-order valence-electron chi connectivity index (χ1n) is 8.66. The van der Waals surface area contributed by atoms with Gasteiger partial charge in [-0.05, 0) is 47.0 Å². The molecule has 6 heteroatoms. The van der Waals surface area contributed by atoms with E-state index in [4.69, 9.17) is 19.3 Å². The molecule has 2 rings (SSSR count). The average molecular weight is 329 g/mol. The fourth-order valence-corrected chi connectivity index (χ4v) is 3.56. The standard InChI is InChI=1S/C17H31NO5/c1-13-11-17(21-9-10-22-17)12-14(7-5-6-8-19)18(13)15(20)23-16(2,3)4/h13-14,19H,5-12H2,1-4H3/t13-,14-/m1/s1. The first-order chi connectivity index (χ1) is 10.8. The first-order valence-corrected chi connectivity index (χ1v) is 8.66. The van der Waals surface area contributed by atoms with E-state index >= 15 is 0 Å². The smallest absolute Gasteiger partial charge is 0.410 e. The fraction of sp³-hybridized carbons (Fsp3) is 0.941. The van der Waals surface area contributed by atoms with E-state index in [-0.39, 0.29) is 24.8 Å². The van der Waals surface area contributed by atoms with Gasteiger partial charge in [0.05, 0.1) is 13.2 Å². The lowest BCUT2D eigenvalue weighted by Crippen LogP contribution is -2.58. The van der Waals surface area contributed by atoms with Gasteiger partial charge in [-0.1, -0.05) is 0 Å². The van der Waals surface area contributed by atoms with Crippen molar-refractivity contribution in [1.29, 1.82) is 0 Å². The molecular formula is C17H31NO5. The third-order valence-electron chi connectivity index (χ3n) is 4.38. The summed E-state index contributed by atoms with van der Waals surface area (Å²) in [6, 6.07) is 0.00840. The number of rotatable bonds is 4. The van der Waals surface area contributed by atoms with Gasteiger partial charge in [0.25, 0.3) is 0 Å². The Balaban J connectivity index is 2.11. The van der Waals surface area contributed by atoms with Gasteiger partial charge in [-0.25, -0.2) is 4.79 Å². The second-order valence-corrected chi connectivity index (χ2v) is 7.63. The minimum Gasteiger partial charge on any atom is -0.444 e. The number of aliphatic hydroxyl groups is 1. The number of carbonyl (C=O) groups excluding carboxylic acids is 1. The summed E-state index contributed by atoms with van der Waals surface area (Å²) in [5, 5.41) is 9.03. The van der Waals surface area contributed by atoms with E-state index in [1.807, 2.05) is 32.6 Å². The van der Waals surface area contributed by atoms with Crippen molar-refractivity contribution in [3.8, 4) is 0 Å². The van der Waals surface area contributed by atoms with Gasteiger partial charge in [-0.15, -0.1) is 0 Å². The fourth-order valence-electron chi connectivity index (χ4n) is 3.56. The van der Waals surface area contributed by atoms with Gasteiger partial charge >= 0.3 is 6.09 Å². The Morgan fingerprint density at radius 2 is 1.91 bits per heavy atom. The van der Waals surface area contributed by atoms with Crippen molar-refractivity contribution < 1.29 is 24.1 Å². The monoisotopic (exact) mass is 329 g/mol. The Hall–Kier alpha value is -0.850. The molecule has 0 aliphatic carbocycles. The van der Waals surface area contributed by atoms with E-state index in [1.165, 1.54) is 0 Å². The van der Waals surface area contributed by atoms with E-state index in [9.17, 15) is 4.79 Å². The number of ether oxygens (including phenoxy) is 3. The number of piperidine rings is 1. The third-order valence-corrected chi connectivity index (χ3v) is 4.38. The molecule has 2 aliphatic heterocycles. The van der Waals surface area contributed by atoms with Crippen LogP contribution in [0.25, 0.3) is 0 Å². The van der Waals surface area contributed by atoms with Crippen LogP contribution in [0.3, 0.4) is 0 Å². The van der Waals surface area contributed by atoms with Crippen LogP contribution in [-0.4, -0.2) is 59.4 Å². The average Bonchev–Trinajstić information content (AvgIpc) is 2.84. The van der Waals surface area contributed by atoms with Gasteiger partial charge < -0.3 is 24.2 Å². The normalized spacial score (nSPS) is 27.4. The molecule has 0 saturated carbocycles. The van der Waals surface area contributed by atoms with E-state index in [0.29, 0.717) is 26.1 Å². The second-order valence-electron chi connectivity index (χ2n) is 7.63. The zero-order chi connectivity index (χ0) is 17.1. The first kappa shape index (κ1) is 18.5. The summed E-state index contributed by atoms with van der Waals surface area (Å²) in [5.74, 6) is -0.554. The zero-order valence-electron chi connectivity index (χ0n) is 14.8. The van der Waals surface area contributed by atoms with Crippen LogP contribution in [0.5, 0.6) is 0 Å². The molecule has 1 spiro atoms. The summed E-state index contributed by atoms with van der Waals surface area (Å²) in [6.07, 6.45) is 3.49. The SMILES string of the molecule is C[C@@H]1CC2(C[C@@H](CCCCO)N1C(=O)OC(C)(C)C)OCCO2. The predicted octanol–water partition coefficient (Wildman–Crippen LogP) is 2.68. The van der Waals surface area contributed by atoms with Crippen molar-refractivity contribution in [1.82, 2.24) is 4.90 Å². The molecule has 2 atom stereocenters. The molecule has 6 nitrogen and oxygen atoms in total. The highest BCUT2D eigenvalue weighted by molar-refractivity contribution is 5.69. The molecule has 0 aromatic rings. The number of amides is 1. The Morgan fingerprint density at radius 1 is 1.26 bits per heavy atom. The van der Waals surface area contributed by atoms with Gasteiger partial charge in [0.15, 0.2) is 5.79 Å². The van der Waals surface area contributed by atoms with E-state index < -0.39 is 11.4 Å². The molecule has 134 valence electrons. The third kappa shape index (κ3) is 4.81. The predicted molar refractivity (Wildman–Crippen MR) is 86.1 cm³/mol. The molecule has 0 bridgehead atoms. The van der Waals surface area contributed by atoms with Crippen molar-refractivity contribution in [3.05, 3.63) is 0 Å². The summed E-state index contributed by atoms with van der Waals surface area (Å²) in [6.45, 7) is 9.06. The van der Waals surface area contributed by atoms with Gasteiger partial charge in [0.2, 0.25) is 0 Å². The van der Waals surface area contributed by atoms with Crippen LogP contribution in [0.1, 0.15) is 59.8 Å². The zero-order valence-corrected chi connectivity index (χ0v) is 14.8. The minimum absolute atomic E-state index is 0.00386. The van der Waals surface area contributed by atoms with Gasteiger partial charge in [-0.2, -0.15) is 0 Å². The Labute approximate surface area is 139 Å². The maximum atomic E-state index is 12.6.